The third-order valence-electron chi connectivity index (χ3n) is 6.32. The molecule has 2 N–H and O–H groups in total. The summed E-state index contributed by atoms with van der Waals surface area (Å²) < 4.78 is 24.0. The molecule has 7 heteroatoms. The molecule has 0 aliphatic carbocycles. The van der Waals surface area contributed by atoms with Crippen molar-refractivity contribution < 1.29 is 23.2 Å². The number of aromatic amines is 1. The number of hydrogen-bond donors (Lipinski definition) is 2. The highest BCUT2D eigenvalue weighted by Crippen LogP contribution is 2.42. The second kappa shape index (κ2) is 16.7. The van der Waals surface area contributed by atoms with Crippen LogP contribution in [0.4, 0.5) is 0 Å². The van der Waals surface area contributed by atoms with Crippen LogP contribution in [0.25, 0.3) is 10.9 Å². The van der Waals surface area contributed by atoms with E-state index >= 15 is 0 Å². The van der Waals surface area contributed by atoms with Crippen molar-refractivity contribution >= 4 is 19.5 Å². The van der Waals surface area contributed by atoms with Crippen LogP contribution in [0.3, 0.4) is 0 Å². The first kappa shape index (κ1) is 30.4. The van der Waals surface area contributed by atoms with Crippen molar-refractivity contribution in [1.29, 1.82) is 0 Å². The molecule has 0 saturated heterocycles. The van der Waals surface area contributed by atoms with Gasteiger partial charge >= 0.3 is 8.60 Å². The van der Waals surface area contributed by atoms with Crippen LogP contribution in [0.15, 0.2) is 115 Å². The summed E-state index contributed by atoms with van der Waals surface area (Å²) in [5, 5.41) is 1.10. The Morgan fingerprint density at radius 3 is 1.80 bits per heavy atom. The van der Waals surface area contributed by atoms with Gasteiger partial charge in [0.25, 0.3) is 0 Å². The van der Waals surface area contributed by atoms with E-state index in [1.165, 1.54) is 16.0 Å². The number of aryl methyl sites for hydroxylation is 1. The molecule has 0 fully saturated rings. The van der Waals surface area contributed by atoms with Crippen LogP contribution in [-0.4, -0.2) is 32.4 Å². The topological polar surface area (TPSA) is 57.2 Å². The number of quaternary nitrogens is 1. The summed E-state index contributed by atoms with van der Waals surface area (Å²) in [7, 11) is 2.72. The zero-order chi connectivity index (χ0) is 28.7. The van der Waals surface area contributed by atoms with Crippen LogP contribution in [0.1, 0.15) is 22.3 Å². The van der Waals surface area contributed by atoms with E-state index in [0.717, 1.165) is 40.7 Å². The van der Waals surface area contributed by atoms with Gasteiger partial charge in [0.05, 0.1) is 33.9 Å². The molecular weight excluding hydrogens is 531 g/mol. The van der Waals surface area contributed by atoms with Gasteiger partial charge in [0.2, 0.25) is 0 Å². The average Bonchev–Trinajstić information content (AvgIpc) is 3.43. The maximum Gasteiger partial charge on any atom is 0.336 e. The van der Waals surface area contributed by atoms with Gasteiger partial charge in [-0.15, -0.1) is 0 Å². The van der Waals surface area contributed by atoms with Crippen LogP contribution >= 0.6 is 8.60 Å². The summed E-state index contributed by atoms with van der Waals surface area (Å²) in [6.45, 7) is 3.99. The molecule has 41 heavy (non-hydrogen) atoms. The Labute approximate surface area is 244 Å². The number of aromatic nitrogens is 1. The van der Waals surface area contributed by atoms with Crippen molar-refractivity contribution in [2.45, 2.75) is 26.6 Å². The van der Waals surface area contributed by atoms with Gasteiger partial charge in [0.1, 0.15) is 5.75 Å². The normalized spacial score (nSPS) is 11.0. The minimum absolute atomic E-state index is 0.0396. The van der Waals surface area contributed by atoms with Crippen LogP contribution in [0, 0.1) is 6.92 Å². The Kier molecular flexibility index (Phi) is 12.4. The highest BCUT2D eigenvalue weighted by molar-refractivity contribution is 7.41. The summed E-state index contributed by atoms with van der Waals surface area (Å²) >= 11 is 0. The van der Waals surface area contributed by atoms with Crippen LogP contribution in [0.5, 0.6) is 5.75 Å². The number of fused-ring (bicyclic) bond motifs is 1. The molecule has 0 atom stereocenters. The number of likely N-dealkylation sites (N-methyl/N-ethyl adjacent to an activating group) is 1. The molecule has 5 rings (SSSR count). The molecule has 0 amide bonds. The SMILES string of the molecule is C[NH+](C)CCc1c[nH]c2cccc(OCOP(OCc3ccccc3)OCc3ccccc3)c12.Cc1ccccc1. The molecule has 6 nitrogen and oxygen atoms in total. The van der Waals surface area contributed by atoms with Crippen molar-refractivity contribution in [2.24, 2.45) is 0 Å². The van der Waals surface area contributed by atoms with E-state index in [2.05, 4.69) is 50.4 Å². The number of H-pyrrole nitrogens is 1. The van der Waals surface area contributed by atoms with E-state index in [4.69, 9.17) is 18.3 Å². The summed E-state index contributed by atoms with van der Waals surface area (Å²) in [4.78, 5) is 4.76. The molecule has 1 heterocycles. The number of benzene rings is 4. The highest BCUT2D eigenvalue weighted by atomic mass is 31.2. The van der Waals surface area contributed by atoms with Crippen LogP contribution < -0.4 is 9.64 Å². The Morgan fingerprint density at radius 1 is 0.683 bits per heavy atom. The third-order valence-corrected chi connectivity index (χ3v) is 7.31. The molecule has 0 unspecified atom stereocenters. The predicted octanol–water partition coefficient (Wildman–Crippen LogP) is 6.86. The van der Waals surface area contributed by atoms with Crippen LogP contribution in [-0.2, 0) is 33.2 Å². The van der Waals surface area contributed by atoms with E-state index in [1.54, 1.807) is 0 Å². The van der Waals surface area contributed by atoms with Crippen molar-refractivity contribution in [1.82, 2.24) is 4.98 Å². The highest BCUT2D eigenvalue weighted by Gasteiger charge is 2.16. The summed E-state index contributed by atoms with van der Waals surface area (Å²) in [6, 6.07) is 36.3. The molecule has 1 aromatic heterocycles. The second-order valence-electron chi connectivity index (χ2n) is 9.99. The van der Waals surface area contributed by atoms with Crippen molar-refractivity contribution in [2.75, 3.05) is 27.4 Å². The number of hydrogen-bond acceptors (Lipinski definition) is 4. The molecule has 4 aromatic carbocycles. The summed E-state index contributed by atoms with van der Waals surface area (Å²) in [5.74, 6) is 0.795. The molecule has 0 spiro atoms. The standard InChI is InChI=1S/C27H31N2O4P.C7H8/c1-29(2)17-16-24-18-28-25-14-9-15-26(27(24)25)30-21-33-34(31-19-22-10-5-3-6-11-22)32-20-23-12-7-4-8-13-23;1-7-5-3-2-4-6-7/h3-15,18,28H,16-17,19-21H2,1-2H3;2-6H,1H3/p+1. The summed E-state index contributed by atoms with van der Waals surface area (Å²) in [5.41, 5.74) is 5.75. The van der Waals surface area contributed by atoms with Crippen molar-refractivity contribution in [3.05, 3.63) is 138 Å². The minimum atomic E-state index is -1.60. The molecule has 0 saturated carbocycles. The molecule has 0 radical (unpaired) electrons. The fraction of sp³-hybridized carbons (Fsp3) is 0.235. The van der Waals surface area contributed by atoms with E-state index in [9.17, 15) is 0 Å². The maximum absolute atomic E-state index is 6.07. The number of nitrogens with one attached hydrogen (secondary N) is 2. The molecule has 0 aliphatic rings. The van der Waals surface area contributed by atoms with E-state index in [-0.39, 0.29) is 6.79 Å². The Bertz CT molecular complexity index is 1370. The molecule has 0 bridgehead atoms. The van der Waals surface area contributed by atoms with E-state index < -0.39 is 8.60 Å². The largest absolute Gasteiger partial charge is 0.466 e. The van der Waals surface area contributed by atoms with Gasteiger partial charge in [-0.25, -0.2) is 0 Å². The van der Waals surface area contributed by atoms with Crippen LogP contribution in [0.2, 0.25) is 0 Å². The quantitative estimate of drug-likeness (QED) is 0.120. The maximum atomic E-state index is 6.07. The Morgan fingerprint density at radius 2 is 1.27 bits per heavy atom. The predicted molar refractivity (Wildman–Crippen MR) is 167 cm³/mol. The number of ether oxygens (including phenoxy) is 1. The second-order valence-corrected chi connectivity index (χ2v) is 11.2. The van der Waals surface area contributed by atoms with Gasteiger partial charge in [0, 0.05) is 23.5 Å². The zero-order valence-electron chi connectivity index (χ0n) is 24.1. The van der Waals surface area contributed by atoms with Gasteiger partial charge in [-0.1, -0.05) is 103 Å². The van der Waals surface area contributed by atoms with Gasteiger partial charge in [0.15, 0.2) is 6.79 Å². The molecule has 214 valence electrons. The van der Waals surface area contributed by atoms with Crippen molar-refractivity contribution in [3.8, 4) is 5.75 Å². The van der Waals surface area contributed by atoms with E-state index in [1.807, 2.05) is 91.0 Å². The first-order valence-electron chi connectivity index (χ1n) is 13.9. The van der Waals surface area contributed by atoms with Gasteiger partial charge in [-0.3, -0.25) is 4.52 Å². The lowest BCUT2D eigenvalue weighted by Gasteiger charge is -2.18. The smallest absolute Gasteiger partial charge is 0.336 e. The van der Waals surface area contributed by atoms with Gasteiger partial charge in [-0.2, -0.15) is 0 Å². The Balaban J connectivity index is 0.000000483. The monoisotopic (exact) mass is 571 g/mol. The molecule has 0 aliphatic heterocycles. The fourth-order valence-corrected chi connectivity index (χ4v) is 4.98. The first-order valence-corrected chi connectivity index (χ1v) is 15.0. The van der Waals surface area contributed by atoms with Gasteiger partial charge in [-0.05, 0) is 35.7 Å². The Hall–Kier alpha value is -3.51. The zero-order valence-corrected chi connectivity index (χ0v) is 25.0. The average molecular weight is 572 g/mol. The fourth-order valence-electron chi connectivity index (χ4n) is 4.10. The van der Waals surface area contributed by atoms with E-state index in [0.29, 0.717) is 13.2 Å². The van der Waals surface area contributed by atoms with Crippen molar-refractivity contribution in [3.63, 3.8) is 0 Å². The number of rotatable bonds is 13. The molecule has 5 aromatic rings. The lowest BCUT2D eigenvalue weighted by Crippen LogP contribution is -3.05. The lowest BCUT2D eigenvalue weighted by molar-refractivity contribution is -0.858. The third kappa shape index (κ3) is 10.4. The molecular formula is C34H40N2O4P+. The first-order chi connectivity index (χ1) is 20.1. The minimum Gasteiger partial charge on any atom is -0.466 e. The van der Waals surface area contributed by atoms with Gasteiger partial charge < -0.3 is 23.7 Å². The lowest BCUT2D eigenvalue weighted by atomic mass is 10.1. The summed E-state index contributed by atoms with van der Waals surface area (Å²) in [6.07, 6.45) is 3.04.